The molecule has 1 saturated heterocycles. The maximum atomic E-state index is 11.9. The highest BCUT2D eigenvalue weighted by Gasteiger charge is 2.47. The Hall–Kier alpha value is -1.89. The molecule has 1 spiro atoms. The molecule has 1 fully saturated rings. The van der Waals surface area contributed by atoms with Crippen LogP contribution in [-0.2, 0) is 19.1 Å². The molecule has 2 rings (SSSR count). The molecule has 2 heterocycles. The number of rotatable bonds is 14. The molecule has 7 heteroatoms. The Balaban J connectivity index is 1.41. The zero-order valence-corrected chi connectivity index (χ0v) is 16.1. The average Bonchev–Trinajstić information content (AvgIpc) is 2.93. The SMILES string of the molecule is O=C(O)CCCCCCCCCCC(=O)NCCN1C(=O)C=CC12CCO2. The van der Waals surface area contributed by atoms with Crippen LogP contribution in [-0.4, -0.2) is 53.2 Å². The van der Waals surface area contributed by atoms with Gasteiger partial charge in [0.25, 0.3) is 0 Å². The number of hydrogen-bond acceptors (Lipinski definition) is 4. The first-order valence-corrected chi connectivity index (χ1v) is 10.2. The quantitative estimate of drug-likeness (QED) is 0.452. The Labute approximate surface area is 161 Å². The molecular formula is C20H32N2O5. The van der Waals surface area contributed by atoms with E-state index >= 15 is 0 Å². The number of carbonyl (C=O) groups excluding carboxylic acids is 2. The lowest BCUT2D eigenvalue weighted by atomic mass is 10.1. The minimum absolute atomic E-state index is 0.0341. The van der Waals surface area contributed by atoms with Crippen molar-refractivity contribution in [2.24, 2.45) is 0 Å². The minimum atomic E-state index is -0.715. The van der Waals surface area contributed by atoms with E-state index in [-0.39, 0.29) is 18.2 Å². The summed E-state index contributed by atoms with van der Waals surface area (Å²) in [6.07, 6.45) is 13.1. The summed E-state index contributed by atoms with van der Waals surface area (Å²) in [5.74, 6) is -0.730. The van der Waals surface area contributed by atoms with Crippen LogP contribution in [0.1, 0.15) is 70.6 Å². The van der Waals surface area contributed by atoms with Crippen LogP contribution in [0.5, 0.6) is 0 Å². The van der Waals surface area contributed by atoms with E-state index in [9.17, 15) is 14.4 Å². The first kappa shape index (κ1) is 21.4. The summed E-state index contributed by atoms with van der Waals surface area (Å²) < 4.78 is 5.54. The predicted octanol–water partition coefficient (Wildman–Crippen LogP) is 2.60. The van der Waals surface area contributed by atoms with Crippen molar-refractivity contribution in [3.05, 3.63) is 12.2 Å². The largest absolute Gasteiger partial charge is 0.481 e. The maximum Gasteiger partial charge on any atom is 0.303 e. The van der Waals surface area contributed by atoms with E-state index in [4.69, 9.17) is 9.84 Å². The van der Waals surface area contributed by atoms with E-state index in [1.165, 1.54) is 0 Å². The molecule has 0 aromatic heterocycles. The number of nitrogens with one attached hydrogen (secondary N) is 1. The second kappa shape index (κ2) is 11.1. The van der Waals surface area contributed by atoms with Gasteiger partial charge in [-0.15, -0.1) is 0 Å². The van der Waals surface area contributed by atoms with Crippen molar-refractivity contribution in [1.29, 1.82) is 0 Å². The molecule has 2 N–H and O–H groups in total. The molecule has 7 nitrogen and oxygen atoms in total. The molecule has 0 aliphatic carbocycles. The van der Waals surface area contributed by atoms with Crippen molar-refractivity contribution < 1.29 is 24.2 Å². The van der Waals surface area contributed by atoms with Gasteiger partial charge in [0.05, 0.1) is 6.61 Å². The third-order valence-corrected chi connectivity index (χ3v) is 5.22. The van der Waals surface area contributed by atoms with E-state index in [1.54, 1.807) is 11.0 Å². The summed E-state index contributed by atoms with van der Waals surface area (Å²) >= 11 is 0. The third-order valence-electron chi connectivity index (χ3n) is 5.22. The Kier molecular flexibility index (Phi) is 8.78. The summed E-state index contributed by atoms with van der Waals surface area (Å²) in [6, 6.07) is 0. The van der Waals surface area contributed by atoms with Crippen LogP contribution < -0.4 is 5.32 Å². The fourth-order valence-corrected chi connectivity index (χ4v) is 3.54. The molecule has 1 unspecified atom stereocenters. The summed E-state index contributed by atoms with van der Waals surface area (Å²) in [7, 11) is 0. The Morgan fingerprint density at radius 3 is 2.22 bits per heavy atom. The molecule has 1 atom stereocenters. The lowest BCUT2D eigenvalue weighted by molar-refractivity contribution is -0.199. The highest BCUT2D eigenvalue weighted by Crippen LogP contribution is 2.35. The Bertz CT molecular complexity index is 542. The average molecular weight is 380 g/mol. The van der Waals surface area contributed by atoms with E-state index < -0.39 is 11.7 Å². The Morgan fingerprint density at radius 2 is 1.67 bits per heavy atom. The van der Waals surface area contributed by atoms with E-state index in [2.05, 4.69) is 5.32 Å². The van der Waals surface area contributed by atoms with Crippen molar-refractivity contribution in [2.45, 2.75) is 76.4 Å². The van der Waals surface area contributed by atoms with Crippen LogP contribution in [0.2, 0.25) is 0 Å². The molecule has 152 valence electrons. The topological polar surface area (TPSA) is 95.9 Å². The van der Waals surface area contributed by atoms with Crippen LogP contribution in [0, 0.1) is 0 Å². The van der Waals surface area contributed by atoms with Gasteiger partial charge in [0.2, 0.25) is 11.8 Å². The highest BCUT2D eigenvalue weighted by atomic mass is 16.5. The molecular weight excluding hydrogens is 348 g/mol. The molecule has 2 aliphatic rings. The smallest absolute Gasteiger partial charge is 0.303 e. The van der Waals surface area contributed by atoms with Gasteiger partial charge in [-0.2, -0.15) is 0 Å². The standard InChI is InChI=1S/C20H32N2O5/c23-17(9-7-5-3-1-2-4-6-8-10-19(25)26)21-14-15-22-18(24)11-12-20(22)13-16-27-20/h11-12H,1-10,13-16H2,(H,21,23)(H,25,26). The van der Waals surface area contributed by atoms with Crippen LogP contribution in [0.25, 0.3) is 0 Å². The minimum Gasteiger partial charge on any atom is -0.481 e. The first-order valence-electron chi connectivity index (χ1n) is 10.2. The van der Waals surface area contributed by atoms with Gasteiger partial charge in [-0.05, 0) is 18.9 Å². The molecule has 27 heavy (non-hydrogen) atoms. The Morgan fingerprint density at radius 1 is 1.07 bits per heavy atom. The van der Waals surface area contributed by atoms with Gasteiger partial charge in [-0.25, -0.2) is 0 Å². The number of amides is 2. The summed E-state index contributed by atoms with van der Waals surface area (Å²) in [5.41, 5.74) is -0.546. The zero-order valence-electron chi connectivity index (χ0n) is 16.1. The molecule has 0 aromatic rings. The summed E-state index contributed by atoms with van der Waals surface area (Å²) in [4.78, 5) is 35.8. The van der Waals surface area contributed by atoms with Gasteiger partial charge in [-0.3, -0.25) is 14.4 Å². The van der Waals surface area contributed by atoms with Crippen molar-refractivity contribution in [2.75, 3.05) is 19.7 Å². The van der Waals surface area contributed by atoms with Gasteiger partial charge in [-0.1, -0.05) is 38.5 Å². The zero-order chi connectivity index (χ0) is 19.5. The van der Waals surface area contributed by atoms with Crippen LogP contribution in [0.3, 0.4) is 0 Å². The molecule has 0 radical (unpaired) electrons. The van der Waals surface area contributed by atoms with Gasteiger partial charge in [0, 0.05) is 38.4 Å². The fraction of sp³-hybridized carbons (Fsp3) is 0.750. The molecule has 0 bridgehead atoms. The normalized spacial score (nSPS) is 20.9. The number of unbranched alkanes of at least 4 members (excludes halogenated alkanes) is 7. The predicted molar refractivity (Wildman–Crippen MR) is 101 cm³/mol. The number of nitrogens with zero attached hydrogens (tertiary/aromatic N) is 1. The van der Waals surface area contributed by atoms with Crippen LogP contribution in [0.15, 0.2) is 12.2 Å². The van der Waals surface area contributed by atoms with Crippen LogP contribution >= 0.6 is 0 Å². The number of ether oxygens (including phenoxy) is 1. The van der Waals surface area contributed by atoms with Gasteiger partial charge >= 0.3 is 5.97 Å². The number of carboxylic acid groups (broad SMARTS) is 1. The molecule has 0 aromatic carbocycles. The summed E-state index contributed by atoms with van der Waals surface area (Å²) in [6.45, 7) is 1.59. The third kappa shape index (κ3) is 6.97. The second-order valence-corrected chi connectivity index (χ2v) is 7.34. The van der Waals surface area contributed by atoms with Crippen molar-refractivity contribution in [1.82, 2.24) is 10.2 Å². The molecule has 2 aliphatic heterocycles. The van der Waals surface area contributed by atoms with Crippen molar-refractivity contribution in [3.63, 3.8) is 0 Å². The second-order valence-electron chi connectivity index (χ2n) is 7.34. The first-order chi connectivity index (χ1) is 13.0. The van der Waals surface area contributed by atoms with E-state index in [0.717, 1.165) is 57.8 Å². The van der Waals surface area contributed by atoms with E-state index in [0.29, 0.717) is 26.1 Å². The van der Waals surface area contributed by atoms with Crippen LogP contribution in [0.4, 0.5) is 0 Å². The summed E-state index contributed by atoms with van der Waals surface area (Å²) in [5, 5.41) is 11.4. The van der Waals surface area contributed by atoms with Gasteiger partial charge in [0.15, 0.2) is 5.72 Å². The fourth-order valence-electron chi connectivity index (χ4n) is 3.54. The van der Waals surface area contributed by atoms with Gasteiger partial charge < -0.3 is 20.1 Å². The monoisotopic (exact) mass is 380 g/mol. The lowest BCUT2D eigenvalue weighted by Gasteiger charge is -2.44. The molecule has 2 amide bonds. The van der Waals surface area contributed by atoms with Crippen molar-refractivity contribution >= 4 is 17.8 Å². The van der Waals surface area contributed by atoms with E-state index in [1.807, 2.05) is 6.08 Å². The van der Waals surface area contributed by atoms with Crippen molar-refractivity contribution in [3.8, 4) is 0 Å². The number of carboxylic acids is 1. The number of aliphatic carboxylic acids is 1. The highest BCUT2D eigenvalue weighted by molar-refractivity contribution is 5.91. The lowest BCUT2D eigenvalue weighted by Crippen LogP contribution is -2.57. The maximum absolute atomic E-state index is 11.9. The number of hydrogen-bond donors (Lipinski definition) is 2. The number of carbonyl (C=O) groups is 3. The molecule has 0 saturated carbocycles. The van der Waals surface area contributed by atoms with Gasteiger partial charge in [0.1, 0.15) is 0 Å².